The van der Waals surface area contributed by atoms with Gasteiger partial charge in [0.2, 0.25) is 0 Å². The van der Waals surface area contributed by atoms with Crippen LogP contribution < -0.4 is 0 Å². The molecule has 0 aliphatic heterocycles. The van der Waals surface area contributed by atoms with Crippen LogP contribution in [-0.2, 0) is 19.7 Å². The summed E-state index contributed by atoms with van der Waals surface area (Å²) in [6, 6.07) is 0. The standard InChI is InChI=1S/C16H14F17NO4S/c1-4-6-34(38-8(35)7(3)5-2)39(36,37)16(32,33)14(27,28)12(23,24)10(19,20)9(17,18)11(21,22)13(25,26)15(29,30)31/h3-6H2,1-2H3. The summed E-state index contributed by atoms with van der Waals surface area (Å²) in [6.45, 7) is 3.16. The highest BCUT2D eigenvalue weighted by Crippen LogP contribution is 2.64. The lowest BCUT2D eigenvalue weighted by molar-refractivity contribution is -0.458. The summed E-state index contributed by atoms with van der Waals surface area (Å²) < 4.78 is 250. The van der Waals surface area contributed by atoms with Crippen molar-refractivity contribution in [1.29, 1.82) is 0 Å². The summed E-state index contributed by atoms with van der Waals surface area (Å²) in [6.07, 6.45) is -9.19. The molecule has 0 aromatic heterocycles. The van der Waals surface area contributed by atoms with E-state index in [0.717, 1.165) is 13.8 Å². The zero-order chi connectivity index (χ0) is 32.1. The number of alkyl halides is 17. The van der Waals surface area contributed by atoms with Crippen molar-refractivity contribution in [2.45, 2.75) is 73.7 Å². The van der Waals surface area contributed by atoms with Crippen LogP contribution in [0.25, 0.3) is 0 Å². The first-order valence-corrected chi connectivity index (χ1v) is 10.9. The van der Waals surface area contributed by atoms with E-state index in [9.17, 15) is 87.8 Å². The smallest absolute Gasteiger partial charge is 0.349 e. The van der Waals surface area contributed by atoms with Gasteiger partial charge in [0.25, 0.3) is 0 Å². The minimum atomic E-state index is -8.95. The van der Waals surface area contributed by atoms with E-state index in [1.807, 2.05) is 0 Å². The number of nitrogens with zero attached hydrogens (tertiary/aromatic N) is 1. The van der Waals surface area contributed by atoms with Crippen LogP contribution in [0, 0.1) is 0 Å². The predicted molar refractivity (Wildman–Crippen MR) is 92.1 cm³/mol. The molecule has 0 saturated carbocycles. The van der Waals surface area contributed by atoms with Crippen LogP contribution in [0.3, 0.4) is 0 Å². The molecule has 0 N–H and O–H groups in total. The van der Waals surface area contributed by atoms with Crippen molar-refractivity contribution in [2.24, 2.45) is 0 Å². The third-order valence-electron chi connectivity index (χ3n) is 4.59. The van der Waals surface area contributed by atoms with Crippen LogP contribution in [0.15, 0.2) is 12.2 Å². The highest BCUT2D eigenvalue weighted by Gasteiger charge is 2.96. The fourth-order valence-corrected chi connectivity index (χ4v) is 3.43. The summed E-state index contributed by atoms with van der Waals surface area (Å²) in [5.41, 5.74) is -0.800. The Balaban J connectivity index is 7.08. The molecule has 0 aliphatic rings. The van der Waals surface area contributed by atoms with Crippen LogP contribution in [0.2, 0.25) is 0 Å². The zero-order valence-corrected chi connectivity index (χ0v) is 19.6. The molecule has 0 amide bonds. The van der Waals surface area contributed by atoms with E-state index in [-0.39, 0.29) is 0 Å². The van der Waals surface area contributed by atoms with Crippen molar-refractivity contribution in [3.05, 3.63) is 12.2 Å². The average Bonchev–Trinajstić information content (AvgIpc) is 2.76. The number of carbonyl (C=O) groups excluding carboxylic acids is 1. The van der Waals surface area contributed by atoms with Crippen LogP contribution >= 0.6 is 0 Å². The average molecular weight is 639 g/mol. The third kappa shape index (κ3) is 5.23. The SMILES string of the molecule is C=C(CC)C(=O)ON(CCC)S(=O)(=O)C(F)(F)C(F)(F)C(F)(F)C(F)(F)C(F)(F)C(F)(F)C(F)(F)C(F)(F)F. The minimum Gasteiger partial charge on any atom is -0.349 e. The predicted octanol–water partition coefficient (Wildman–Crippen LogP) is 6.42. The Hall–Kier alpha value is -2.07. The van der Waals surface area contributed by atoms with Crippen molar-refractivity contribution in [3.8, 4) is 0 Å². The van der Waals surface area contributed by atoms with E-state index in [2.05, 4.69) is 11.4 Å². The van der Waals surface area contributed by atoms with Crippen molar-refractivity contribution >= 4 is 16.0 Å². The molecule has 0 aliphatic carbocycles. The van der Waals surface area contributed by atoms with Crippen LogP contribution in [0.4, 0.5) is 74.6 Å². The number of rotatable bonds is 13. The molecule has 0 aromatic carbocycles. The van der Waals surface area contributed by atoms with Gasteiger partial charge in [0.1, 0.15) is 0 Å². The van der Waals surface area contributed by atoms with Gasteiger partial charge in [-0.25, -0.2) is 13.2 Å². The number of hydroxylamine groups is 1. The largest absolute Gasteiger partial charge is 0.460 e. The lowest BCUT2D eigenvalue weighted by atomic mass is 9.91. The van der Waals surface area contributed by atoms with Crippen LogP contribution in [0.5, 0.6) is 0 Å². The van der Waals surface area contributed by atoms with Gasteiger partial charge < -0.3 is 4.84 Å². The molecule has 0 atom stereocenters. The van der Waals surface area contributed by atoms with Gasteiger partial charge in [-0.15, -0.1) is 0 Å². The van der Waals surface area contributed by atoms with Crippen molar-refractivity contribution in [2.75, 3.05) is 6.54 Å². The second-order valence-corrected chi connectivity index (χ2v) is 9.20. The Morgan fingerprint density at radius 2 is 1.00 bits per heavy atom. The van der Waals surface area contributed by atoms with Crippen molar-refractivity contribution < 1.29 is 92.7 Å². The van der Waals surface area contributed by atoms with Gasteiger partial charge in [0.05, 0.1) is 6.54 Å². The molecule has 0 saturated heterocycles. The lowest BCUT2D eigenvalue weighted by Crippen LogP contribution is -2.75. The fourth-order valence-electron chi connectivity index (χ4n) is 2.14. The van der Waals surface area contributed by atoms with Crippen LogP contribution in [-0.4, -0.2) is 72.4 Å². The maximum Gasteiger partial charge on any atom is 0.460 e. The molecule has 0 bridgehead atoms. The van der Waals surface area contributed by atoms with E-state index in [0.29, 0.717) is 0 Å². The number of sulfonamides is 1. The monoisotopic (exact) mass is 639 g/mol. The second kappa shape index (κ2) is 10.4. The number of hydrogen-bond donors (Lipinski definition) is 0. The Morgan fingerprint density at radius 3 is 1.31 bits per heavy atom. The molecule has 5 nitrogen and oxygen atoms in total. The summed E-state index contributed by atoms with van der Waals surface area (Å²) in [4.78, 5) is 15.3. The quantitative estimate of drug-likeness (QED) is 0.133. The Bertz CT molecular complexity index is 1040. The third-order valence-corrected chi connectivity index (χ3v) is 6.29. The molecule has 0 heterocycles. The lowest BCUT2D eigenvalue weighted by Gasteiger charge is -2.42. The van der Waals surface area contributed by atoms with Crippen molar-refractivity contribution in [3.63, 3.8) is 0 Å². The highest BCUT2D eigenvalue weighted by molar-refractivity contribution is 7.90. The maximum absolute atomic E-state index is 14.3. The Morgan fingerprint density at radius 1 is 0.667 bits per heavy atom. The van der Waals surface area contributed by atoms with Gasteiger partial charge in [-0.2, -0.15) is 74.6 Å². The molecule has 0 spiro atoms. The first-order chi connectivity index (χ1) is 16.8. The van der Waals surface area contributed by atoms with E-state index in [4.69, 9.17) is 0 Å². The summed E-state index contributed by atoms with van der Waals surface area (Å²) in [5, 5.41) is -7.83. The zero-order valence-electron chi connectivity index (χ0n) is 18.7. The Labute approximate surface area is 206 Å². The first-order valence-electron chi connectivity index (χ1n) is 9.46. The van der Waals surface area contributed by atoms with E-state index >= 15 is 0 Å². The number of hydrogen-bond acceptors (Lipinski definition) is 4. The first kappa shape index (κ1) is 36.9. The number of halogens is 17. The molecule has 0 aromatic rings. The Kier molecular flexibility index (Phi) is 9.85. The molecule has 23 heteroatoms. The normalized spacial score (nSPS) is 15.5. The summed E-state index contributed by atoms with van der Waals surface area (Å²) >= 11 is 0. The molecule has 232 valence electrons. The number of carbonyl (C=O) groups is 1. The van der Waals surface area contributed by atoms with Crippen LogP contribution in [0.1, 0.15) is 26.7 Å². The van der Waals surface area contributed by atoms with Gasteiger partial charge in [-0.05, 0) is 17.3 Å². The van der Waals surface area contributed by atoms with Gasteiger partial charge in [0.15, 0.2) is 0 Å². The topological polar surface area (TPSA) is 63.7 Å². The summed E-state index contributed by atoms with van der Waals surface area (Å²) in [5.74, 6) is -54.3. The van der Waals surface area contributed by atoms with Crippen molar-refractivity contribution in [1.82, 2.24) is 4.47 Å². The molecule has 0 fully saturated rings. The molecular weight excluding hydrogens is 625 g/mol. The molecular formula is C16H14F17NO4S. The second-order valence-electron chi connectivity index (χ2n) is 7.33. The van der Waals surface area contributed by atoms with Gasteiger partial charge in [0, 0.05) is 5.57 Å². The van der Waals surface area contributed by atoms with E-state index in [1.165, 1.54) is 0 Å². The minimum absolute atomic E-state index is 0.457. The fraction of sp³-hybridized carbons (Fsp3) is 0.812. The van der Waals surface area contributed by atoms with E-state index in [1.54, 1.807) is 0 Å². The van der Waals surface area contributed by atoms with E-state index < -0.39 is 92.4 Å². The van der Waals surface area contributed by atoms with Gasteiger partial charge >= 0.3 is 63.0 Å². The highest BCUT2D eigenvalue weighted by atomic mass is 32.2. The molecule has 0 radical (unpaired) electrons. The maximum atomic E-state index is 14.3. The molecule has 0 unspecified atom stereocenters. The van der Waals surface area contributed by atoms with Gasteiger partial charge in [-0.1, -0.05) is 20.4 Å². The molecule has 0 rings (SSSR count). The van der Waals surface area contributed by atoms with Gasteiger partial charge in [-0.3, -0.25) is 0 Å². The molecule has 39 heavy (non-hydrogen) atoms. The summed E-state index contributed by atoms with van der Waals surface area (Å²) in [7, 11) is -7.74.